The molecule has 0 unspecified atom stereocenters. The number of nitrogens with zero attached hydrogens (tertiary/aromatic N) is 2. The molecule has 18 heavy (non-hydrogen) atoms. The maximum atomic E-state index is 11.4. The fourth-order valence-electron chi connectivity index (χ4n) is 2.29. The van der Waals surface area contributed by atoms with Crippen LogP contribution in [0.2, 0.25) is 0 Å². The van der Waals surface area contributed by atoms with Gasteiger partial charge >= 0.3 is 0 Å². The fourth-order valence-corrected chi connectivity index (χ4v) is 3.12. The van der Waals surface area contributed by atoms with Gasteiger partial charge in [0.05, 0.1) is 6.26 Å². The van der Waals surface area contributed by atoms with Gasteiger partial charge in [-0.05, 0) is 12.8 Å². The van der Waals surface area contributed by atoms with E-state index in [9.17, 15) is 8.42 Å². The van der Waals surface area contributed by atoms with Crippen molar-refractivity contribution in [3.8, 4) is 0 Å². The Morgan fingerprint density at radius 1 is 1.11 bits per heavy atom. The molecular weight excluding hydrogens is 250 g/mol. The summed E-state index contributed by atoms with van der Waals surface area (Å²) in [5.74, 6) is 0. The first-order valence-electron chi connectivity index (χ1n) is 6.88. The summed E-state index contributed by atoms with van der Waals surface area (Å²) in [7, 11) is -3.00. The van der Waals surface area contributed by atoms with Gasteiger partial charge < -0.3 is 5.32 Å². The number of rotatable bonds is 7. The van der Waals surface area contributed by atoms with E-state index in [0.29, 0.717) is 19.1 Å². The molecule has 0 radical (unpaired) electrons. The predicted octanol–water partition coefficient (Wildman–Crippen LogP) is 0.342. The Morgan fingerprint density at radius 3 is 2.11 bits per heavy atom. The summed E-state index contributed by atoms with van der Waals surface area (Å²) in [5, 5.41) is 3.53. The summed E-state index contributed by atoms with van der Waals surface area (Å²) >= 11 is 0. The molecule has 108 valence electrons. The summed E-state index contributed by atoms with van der Waals surface area (Å²) in [6.45, 7) is 9.35. The van der Waals surface area contributed by atoms with Crippen LogP contribution >= 0.6 is 0 Å². The van der Waals surface area contributed by atoms with Gasteiger partial charge in [0, 0.05) is 45.3 Å². The Kier molecular flexibility index (Phi) is 6.55. The van der Waals surface area contributed by atoms with Gasteiger partial charge in [0.25, 0.3) is 0 Å². The monoisotopic (exact) mass is 277 g/mol. The van der Waals surface area contributed by atoms with Crippen LogP contribution in [0.4, 0.5) is 0 Å². The third kappa shape index (κ3) is 5.22. The molecule has 1 aliphatic heterocycles. The van der Waals surface area contributed by atoms with E-state index in [1.54, 1.807) is 4.31 Å². The van der Waals surface area contributed by atoms with Crippen LogP contribution in [0, 0.1) is 0 Å². The Balaban J connectivity index is 2.20. The van der Waals surface area contributed by atoms with E-state index in [1.807, 2.05) is 0 Å². The molecule has 0 saturated carbocycles. The topological polar surface area (TPSA) is 52.6 Å². The zero-order chi connectivity index (χ0) is 13.6. The third-order valence-corrected chi connectivity index (χ3v) is 4.95. The Morgan fingerprint density at radius 2 is 1.67 bits per heavy atom. The lowest BCUT2D eigenvalue weighted by Gasteiger charge is -2.33. The van der Waals surface area contributed by atoms with Crippen LogP contribution < -0.4 is 5.32 Å². The van der Waals surface area contributed by atoms with E-state index in [-0.39, 0.29) is 0 Å². The molecule has 6 heteroatoms. The first kappa shape index (κ1) is 15.9. The lowest BCUT2D eigenvalue weighted by Crippen LogP contribution is -2.50. The Bertz CT molecular complexity index is 320. The fraction of sp³-hybridized carbons (Fsp3) is 1.00. The van der Waals surface area contributed by atoms with Crippen molar-refractivity contribution in [3.05, 3.63) is 0 Å². The molecular formula is C12H27N3O2S. The summed E-state index contributed by atoms with van der Waals surface area (Å²) in [6, 6.07) is 0.613. The predicted molar refractivity (Wildman–Crippen MR) is 75.2 cm³/mol. The Hall–Kier alpha value is -0.170. The van der Waals surface area contributed by atoms with E-state index < -0.39 is 10.0 Å². The minimum atomic E-state index is -3.00. The highest BCUT2D eigenvalue weighted by Gasteiger charge is 2.22. The number of hydrogen-bond acceptors (Lipinski definition) is 4. The van der Waals surface area contributed by atoms with E-state index >= 15 is 0 Å². The second-order valence-corrected chi connectivity index (χ2v) is 6.95. The second kappa shape index (κ2) is 7.43. The SMILES string of the molecule is CCC(CC)NCCN1CCN(S(C)(=O)=O)CC1. The molecule has 1 saturated heterocycles. The van der Waals surface area contributed by atoms with E-state index in [0.717, 1.165) is 26.2 Å². The smallest absolute Gasteiger partial charge is 0.211 e. The summed E-state index contributed by atoms with van der Waals surface area (Å²) in [6.07, 6.45) is 3.62. The van der Waals surface area contributed by atoms with Gasteiger partial charge in [0.2, 0.25) is 10.0 Å². The van der Waals surface area contributed by atoms with E-state index in [2.05, 4.69) is 24.1 Å². The molecule has 1 fully saturated rings. The van der Waals surface area contributed by atoms with Gasteiger partial charge in [0.1, 0.15) is 0 Å². The first-order chi connectivity index (χ1) is 8.47. The number of hydrogen-bond donors (Lipinski definition) is 1. The molecule has 0 aliphatic carbocycles. The van der Waals surface area contributed by atoms with Gasteiger partial charge in [-0.3, -0.25) is 4.90 Å². The van der Waals surface area contributed by atoms with Crippen molar-refractivity contribution in [1.82, 2.24) is 14.5 Å². The van der Waals surface area contributed by atoms with Crippen molar-refractivity contribution in [2.24, 2.45) is 0 Å². The largest absolute Gasteiger partial charge is 0.313 e. The summed E-state index contributed by atoms with van der Waals surface area (Å²) in [4.78, 5) is 2.33. The maximum Gasteiger partial charge on any atom is 0.211 e. The van der Waals surface area contributed by atoms with Crippen LogP contribution in [0.1, 0.15) is 26.7 Å². The standard InChI is InChI=1S/C12H27N3O2S/c1-4-12(5-2)13-6-7-14-8-10-15(11-9-14)18(3,16)17/h12-13H,4-11H2,1-3H3. The lowest BCUT2D eigenvalue weighted by atomic mass is 10.2. The molecule has 1 heterocycles. The van der Waals surface area contributed by atoms with Crippen molar-refractivity contribution in [1.29, 1.82) is 0 Å². The molecule has 0 amide bonds. The highest BCUT2D eigenvalue weighted by Crippen LogP contribution is 2.05. The minimum Gasteiger partial charge on any atom is -0.313 e. The van der Waals surface area contributed by atoms with Crippen LogP contribution in [0.5, 0.6) is 0 Å². The van der Waals surface area contributed by atoms with Gasteiger partial charge in [-0.15, -0.1) is 0 Å². The number of nitrogens with one attached hydrogen (secondary N) is 1. The van der Waals surface area contributed by atoms with Crippen LogP contribution in [0.15, 0.2) is 0 Å². The van der Waals surface area contributed by atoms with Crippen LogP contribution in [0.3, 0.4) is 0 Å². The molecule has 1 N–H and O–H groups in total. The summed E-state index contributed by atoms with van der Waals surface area (Å²) in [5.41, 5.74) is 0. The first-order valence-corrected chi connectivity index (χ1v) is 8.73. The highest BCUT2D eigenvalue weighted by molar-refractivity contribution is 7.88. The van der Waals surface area contributed by atoms with Crippen molar-refractivity contribution in [2.75, 3.05) is 45.5 Å². The molecule has 0 bridgehead atoms. The molecule has 0 spiro atoms. The third-order valence-electron chi connectivity index (χ3n) is 3.65. The summed E-state index contributed by atoms with van der Waals surface area (Å²) < 4.78 is 24.3. The number of piperazine rings is 1. The average Bonchev–Trinajstić information content (AvgIpc) is 2.34. The van der Waals surface area contributed by atoms with Crippen LogP contribution in [0.25, 0.3) is 0 Å². The molecule has 0 atom stereocenters. The lowest BCUT2D eigenvalue weighted by molar-refractivity contribution is 0.187. The average molecular weight is 277 g/mol. The normalized spacial score (nSPS) is 19.6. The van der Waals surface area contributed by atoms with E-state index in [4.69, 9.17) is 0 Å². The highest BCUT2D eigenvalue weighted by atomic mass is 32.2. The second-order valence-electron chi connectivity index (χ2n) is 4.97. The minimum absolute atomic E-state index is 0.613. The quantitative estimate of drug-likeness (QED) is 0.729. The van der Waals surface area contributed by atoms with Crippen LogP contribution in [-0.4, -0.2) is 69.2 Å². The van der Waals surface area contributed by atoms with Gasteiger partial charge in [0.15, 0.2) is 0 Å². The molecule has 1 aliphatic rings. The molecule has 0 aromatic carbocycles. The van der Waals surface area contributed by atoms with Crippen molar-refractivity contribution in [2.45, 2.75) is 32.7 Å². The molecule has 0 aromatic heterocycles. The maximum absolute atomic E-state index is 11.4. The van der Waals surface area contributed by atoms with Crippen molar-refractivity contribution >= 4 is 10.0 Å². The van der Waals surface area contributed by atoms with Gasteiger partial charge in [-0.25, -0.2) is 8.42 Å². The van der Waals surface area contributed by atoms with Crippen LogP contribution in [-0.2, 0) is 10.0 Å². The number of sulfonamides is 1. The van der Waals surface area contributed by atoms with Crippen molar-refractivity contribution < 1.29 is 8.42 Å². The van der Waals surface area contributed by atoms with Gasteiger partial charge in [-0.2, -0.15) is 4.31 Å². The molecule has 5 nitrogen and oxygen atoms in total. The van der Waals surface area contributed by atoms with Gasteiger partial charge in [-0.1, -0.05) is 13.8 Å². The Labute approximate surface area is 112 Å². The zero-order valence-electron chi connectivity index (χ0n) is 11.9. The molecule has 1 rings (SSSR count). The molecule has 0 aromatic rings. The van der Waals surface area contributed by atoms with Crippen molar-refractivity contribution in [3.63, 3.8) is 0 Å². The van der Waals surface area contributed by atoms with E-state index in [1.165, 1.54) is 19.1 Å². The zero-order valence-corrected chi connectivity index (χ0v) is 12.7.